The van der Waals surface area contributed by atoms with Gasteiger partial charge in [-0.25, -0.2) is 0 Å². The molecule has 0 aliphatic carbocycles. The maximum absolute atomic E-state index is 2.44. The number of hydrogen-bond acceptors (Lipinski definition) is 1. The summed E-state index contributed by atoms with van der Waals surface area (Å²) in [7, 11) is 0. The predicted octanol–water partition coefficient (Wildman–Crippen LogP) is 6.93. The first-order valence-corrected chi connectivity index (χ1v) is 9.40. The average Bonchev–Trinajstić information content (AvgIpc) is 2.72. The SMILES string of the molecule is CCCCC(C)CCCC(C)CCc1cc(C)sc1C. The number of thiophene rings is 1. The first-order chi connectivity index (χ1) is 9.52. The molecule has 0 N–H and O–H groups in total. The van der Waals surface area contributed by atoms with Crippen molar-refractivity contribution in [3.05, 3.63) is 21.4 Å². The third kappa shape index (κ3) is 6.92. The van der Waals surface area contributed by atoms with Gasteiger partial charge in [0.15, 0.2) is 0 Å². The second-order valence-corrected chi connectivity index (χ2v) is 8.22. The van der Waals surface area contributed by atoms with Crippen LogP contribution in [0.3, 0.4) is 0 Å². The van der Waals surface area contributed by atoms with E-state index in [9.17, 15) is 0 Å². The van der Waals surface area contributed by atoms with E-state index in [0.29, 0.717) is 0 Å². The summed E-state index contributed by atoms with van der Waals surface area (Å²) in [6.07, 6.45) is 11.1. The Hall–Kier alpha value is -0.300. The zero-order valence-corrected chi connectivity index (χ0v) is 15.1. The van der Waals surface area contributed by atoms with Gasteiger partial charge in [-0.2, -0.15) is 0 Å². The van der Waals surface area contributed by atoms with Crippen LogP contribution in [0.2, 0.25) is 0 Å². The summed E-state index contributed by atoms with van der Waals surface area (Å²) in [6, 6.07) is 2.39. The molecule has 1 heterocycles. The van der Waals surface area contributed by atoms with Crippen molar-refractivity contribution in [1.29, 1.82) is 0 Å². The molecule has 1 heteroatoms. The summed E-state index contributed by atoms with van der Waals surface area (Å²) >= 11 is 1.95. The molecule has 1 aromatic heterocycles. The van der Waals surface area contributed by atoms with Gasteiger partial charge in [-0.05, 0) is 50.2 Å². The van der Waals surface area contributed by atoms with E-state index in [1.807, 2.05) is 11.3 Å². The van der Waals surface area contributed by atoms with Crippen molar-refractivity contribution in [3.8, 4) is 0 Å². The minimum atomic E-state index is 0.882. The van der Waals surface area contributed by atoms with Gasteiger partial charge in [-0.1, -0.05) is 59.3 Å². The lowest BCUT2D eigenvalue weighted by Crippen LogP contribution is -2.00. The quantitative estimate of drug-likeness (QED) is 0.439. The van der Waals surface area contributed by atoms with Gasteiger partial charge in [0, 0.05) is 9.75 Å². The van der Waals surface area contributed by atoms with Crippen molar-refractivity contribution in [1.82, 2.24) is 0 Å². The Bertz CT molecular complexity index is 364. The van der Waals surface area contributed by atoms with E-state index in [-0.39, 0.29) is 0 Å². The van der Waals surface area contributed by atoms with Crippen LogP contribution < -0.4 is 0 Å². The minimum Gasteiger partial charge on any atom is -0.146 e. The van der Waals surface area contributed by atoms with Crippen LogP contribution in [0.25, 0.3) is 0 Å². The van der Waals surface area contributed by atoms with Gasteiger partial charge in [0.25, 0.3) is 0 Å². The van der Waals surface area contributed by atoms with Crippen molar-refractivity contribution < 1.29 is 0 Å². The molecule has 20 heavy (non-hydrogen) atoms. The monoisotopic (exact) mass is 294 g/mol. The maximum Gasteiger partial charge on any atom is 0.00490 e. The lowest BCUT2D eigenvalue weighted by Gasteiger charge is -2.14. The highest BCUT2D eigenvalue weighted by atomic mass is 32.1. The molecule has 116 valence electrons. The Morgan fingerprint density at radius 1 is 0.950 bits per heavy atom. The van der Waals surface area contributed by atoms with Crippen LogP contribution in [0, 0.1) is 25.7 Å². The lowest BCUT2D eigenvalue weighted by atomic mass is 9.92. The van der Waals surface area contributed by atoms with Crippen LogP contribution >= 0.6 is 11.3 Å². The van der Waals surface area contributed by atoms with Gasteiger partial charge < -0.3 is 0 Å². The van der Waals surface area contributed by atoms with E-state index in [2.05, 4.69) is 40.7 Å². The molecule has 0 aliphatic heterocycles. The molecule has 0 fully saturated rings. The Labute approximate surface area is 131 Å². The summed E-state index contributed by atoms with van der Waals surface area (Å²) in [6.45, 7) is 11.7. The molecule has 0 aromatic carbocycles. The van der Waals surface area contributed by atoms with E-state index in [1.54, 1.807) is 5.56 Å². The number of hydrogen-bond donors (Lipinski definition) is 0. The van der Waals surface area contributed by atoms with Crippen LogP contribution in [-0.2, 0) is 6.42 Å². The van der Waals surface area contributed by atoms with Crippen molar-refractivity contribution in [2.75, 3.05) is 0 Å². The number of aryl methyl sites for hydroxylation is 3. The molecule has 0 aliphatic rings. The smallest absolute Gasteiger partial charge is 0.00490 e. The molecule has 0 saturated heterocycles. The van der Waals surface area contributed by atoms with Crippen LogP contribution in [0.1, 0.15) is 81.0 Å². The number of unbranched alkanes of at least 4 members (excludes halogenated alkanes) is 1. The topological polar surface area (TPSA) is 0 Å². The van der Waals surface area contributed by atoms with E-state index in [0.717, 1.165) is 11.8 Å². The summed E-state index contributed by atoms with van der Waals surface area (Å²) in [4.78, 5) is 3.00. The van der Waals surface area contributed by atoms with E-state index < -0.39 is 0 Å². The third-order valence-corrected chi connectivity index (χ3v) is 5.50. The molecule has 1 aromatic rings. The normalized spacial score (nSPS) is 14.4. The standard InChI is InChI=1S/C19H34S/c1-6-7-9-15(2)10-8-11-16(3)12-13-19-14-17(4)20-18(19)5/h14-16H,6-13H2,1-5H3. The molecular formula is C19H34S. The van der Waals surface area contributed by atoms with Crippen molar-refractivity contribution in [2.45, 2.75) is 86.0 Å². The van der Waals surface area contributed by atoms with Crippen LogP contribution in [0.4, 0.5) is 0 Å². The molecule has 0 amide bonds. The molecule has 0 nitrogen and oxygen atoms in total. The van der Waals surface area contributed by atoms with Crippen LogP contribution in [0.5, 0.6) is 0 Å². The molecule has 2 atom stereocenters. The van der Waals surface area contributed by atoms with Gasteiger partial charge in [-0.3, -0.25) is 0 Å². The number of rotatable bonds is 10. The zero-order valence-electron chi connectivity index (χ0n) is 14.3. The summed E-state index contributed by atoms with van der Waals surface area (Å²) in [5, 5.41) is 0. The Morgan fingerprint density at radius 2 is 1.55 bits per heavy atom. The Morgan fingerprint density at radius 3 is 2.10 bits per heavy atom. The van der Waals surface area contributed by atoms with Gasteiger partial charge in [0.1, 0.15) is 0 Å². The fraction of sp³-hybridized carbons (Fsp3) is 0.789. The van der Waals surface area contributed by atoms with Crippen molar-refractivity contribution in [3.63, 3.8) is 0 Å². The third-order valence-electron chi connectivity index (χ3n) is 4.49. The minimum absolute atomic E-state index is 0.882. The molecule has 0 radical (unpaired) electrons. The Balaban J connectivity index is 2.14. The van der Waals surface area contributed by atoms with Crippen molar-refractivity contribution in [2.24, 2.45) is 11.8 Å². The highest BCUT2D eigenvalue weighted by molar-refractivity contribution is 7.12. The summed E-state index contributed by atoms with van der Waals surface area (Å²) in [5.74, 6) is 1.82. The highest BCUT2D eigenvalue weighted by Gasteiger charge is 2.08. The van der Waals surface area contributed by atoms with Crippen LogP contribution in [0.15, 0.2) is 6.07 Å². The summed E-state index contributed by atoms with van der Waals surface area (Å²) < 4.78 is 0. The molecule has 0 saturated carbocycles. The van der Waals surface area contributed by atoms with Gasteiger partial charge in [0.05, 0.1) is 0 Å². The van der Waals surface area contributed by atoms with Gasteiger partial charge in [0.2, 0.25) is 0 Å². The van der Waals surface area contributed by atoms with Gasteiger partial charge >= 0.3 is 0 Å². The second-order valence-electron chi connectivity index (χ2n) is 6.76. The average molecular weight is 295 g/mol. The Kier molecular flexibility index (Phi) is 8.52. The fourth-order valence-electron chi connectivity index (χ4n) is 2.99. The molecule has 1 rings (SSSR count). The first kappa shape index (κ1) is 17.8. The first-order valence-electron chi connectivity index (χ1n) is 8.58. The second kappa shape index (κ2) is 9.60. The van der Waals surface area contributed by atoms with Crippen molar-refractivity contribution >= 4 is 11.3 Å². The maximum atomic E-state index is 2.44. The van der Waals surface area contributed by atoms with E-state index >= 15 is 0 Å². The van der Waals surface area contributed by atoms with Gasteiger partial charge in [-0.15, -0.1) is 11.3 Å². The highest BCUT2D eigenvalue weighted by Crippen LogP contribution is 2.25. The fourth-order valence-corrected chi connectivity index (χ4v) is 3.97. The predicted molar refractivity (Wildman–Crippen MR) is 93.8 cm³/mol. The zero-order chi connectivity index (χ0) is 15.0. The molecule has 0 bridgehead atoms. The largest absolute Gasteiger partial charge is 0.146 e. The molecule has 2 unspecified atom stereocenters. The molecule has 0 spiro atoms. The lowest BCUT2D eigenvalue weighted by molar-refractivity contribution is 0.404. The van der Waals surface area contributed by atoms with E-state index in [1.165, 1.54) is 61.1 Å². The van der Waals surface area contributed by atoms with E-state index in [4.69, 9.17) is 0 Å². The molecular weight excluding hydrogens is 260 g/mol. The van der Waals surface area contributed by atoms with Crippen LogP contribution in [-0.4, -0.2) is 0 Å². The summed E-state index contributed by atoms with van der Waals surface area (Å²) in [5.41, 5.74) is 1.59.